The number of carbonyl (C=O) groups excluding carboxylic acids is 2. The molecule has 2 aromatic carbocycles. The molecule has 0 saturated carbocycles. The van der Waals surface area contributed by atoms with Crippen molar-refractivity contribution in [2.24, 2.45) is 11.5 Å². The van der Waals surface area contributed by atoms with E-state index in [-0.39, 0.29) is 5.91 Å². The van der Waals surface area contributed by atoms with Crippen LogP contribution in [0.15, 0.2) is 48.5 Å². The van der Waals surface area contributed by atoms with Crippen LogP contribution in [0.2, 0.25) is 0 Å². The lowest BCUT2D eigenvalue weighted by Crippen LogP contribution is -2.49. The van der Waals surface area contributed by atoms with Gasteiger partial charge in [-0.2, -0.15) is 0 Å². The maximum atomic E-state index is 12.6. The van der Waals surface area contributed by atoms with Gasteiger partial charge in [-0.15, -0.1) is 0 Å². The van der Waals surface area contributed by atoms with E-state index < -0.39 is 24.1 Å². The van der Waals surface area contributed by atoms with E-state index >= 15 is 0 Å². The van der Waals surface area contributed by atoms with Gasteiger partial charge in [0.15, 0.2) is 0 Å². The normalized spacial score (nSPS) is 18.1. The molecule has 0 aromatic heterocycles. The van der Waals surface area contributed by atoms with Crippen molar-refractivity contribution < 1.29 is 19.5 Å². The molecule has 7 heteroatoms. The third-order valence-electron chi connectivity index (χ3n) is 5.48. The first-order valence-electron chi connectivity index (χ1n) is 10.1. The van der Waals surface area contributed by atoms with E-state index in [2.05, 4.69) is 0 Å². The fraction of sp³-hybridized carbons (Fsp3) is 0.348. The minimum Gasteiger partial charge on any atom is -0.480 e. The van der Waals surface area contributed by atoms with Gasteiger partial charge in [0.25, 0.3) is 0 Å². The number of carboxylic acid groups (broad SMARTS) is 1. The summed E-state index contributed by atoms with van der Waals surface area (Å²) >= 11 is 0. The van der Waals surface area contributed by atoms with Crippen molar-refractivity contribution in [3.63, 3.8) is 0 Å². The minimum atomic E-state index is -0.975. The van der Waals surface area contributed by atoms with Gasteiger partial charge in [0.1, 0.15) is 12.3 Å². The van der Waals surface area contributed by atoms with Crippen LogP contribution in [-0.2, 0) is 27.2 Å². The molecule has 30 heavy (non-hydrogen) atoms. The number of benzene rings is 2. The van der Waals surface area contributed by atoms with E-state index in [1.807, 2.05) is 48.5 Å². The fourth-order valence-electron chi connectivity index (χ4n) is 3.83. The molecule has 0 bridgehead atoms. The molecule has 2 aromatic rings. The first-order valence-corrected chi connectivity index (χ1v) is 10.1. The van der Waals surface area contributed by atoms with E-state index in [0.717, 1.165) is 28.5 Å². The van der Waals surface area contributed by atoms with Crippen LogP contribution in [0.5, 0.6) is 0 Å². The van der Waals surface area contributed by atoms with Crippen molar-refractivity contribution in [3.8, 4) is 11.1 Å². The number of nitrogens with zero attached hydrogens (tertiary/aromatic N) is 1. The standard InChI is InChI=1S/C23H27N3O4/c24-19(14-27)12-15-3-7-17(8-4-15)18-9-5-16(6-10-18)13-20(25)22(28)26-11-1-2-21(26)23(29)30/h3-10,14,19-21H,1-2,11-13,24-25H2,(H,29,30)/t19-,20-,21-/m0/s1. The molecule has 7 nitrogen and oxygen atoms in total. The maximum Gasteiger partial charge on any atom is 0.326 e. The Morgan fingerprint density at radius 3 is 2.03 bits per heavy atom. The molecule has 0 spiro atoms. The van der Waals surface area contributed by atoms with Crippen molar-refractivity contribution in [2.75, 3.05) is 6.54 Å². The molecule has 3 rings (SSSR count). The molecule has 0 aliphatic carbocycles. The van der Waals surface area contributed by atoms with Crippen LogP contribution in [0.3, 0.4) is 0 Å². The molecular weight excluding hydrogens is 382 g/mol. The number of hydrogen-bond donors (Lipinski definition) is 3. The Bertz CT molecular complexity index is 896. The van der Waals surface area contributed by atoms with Crippen LogP contribution in [-0.4, -0.2) is 52.8 Å². The maximum absolute atomic E-state index is 12.6. The first-order chi connectivity index (χ1) is 14.4. The van der Waals surface area contributed by atoms with Crippen molar-refractivity contribution in [1.29, 1.82) is 0 Å². The number of carbonyl (C=O) groups is 3. The molecule has 1 saturated heterocycles. The van der Waals surface area contributed by atoms with Crippen molar-refractivity contribution >= 4 is 18.2 Å². The highest BCUT2D eigenvalue weighted by Crippen LogP contribution is 2.22. The molecule has 0 radical (unpaired) electrons. The number of nitrogens with two attached hydrogens (primary N) is 2. The number of carboxylic acids is 1. The van der Waals surface area contributed by atoms with Crippen molar-refractivity contribution in [2.45, 2.75) is 43.8 Å². The lowest BCUT2D eigenvalue weighted by molar-refractivity contribution is -0.148. The Morgan fingerprint density at radius 2 is 1.53 bits per heavy atom. The second kappa shape index (κ2) is 9.65. The third kappa shape index (κ3) is 5.11. The largest absolute Gasteiger partial charge is 0.480 e. The highest BCUT2D eigenvalue weighted by atomic mass is 16.4. The summed E-state index contributed by atoms with van der Waals surface area (Å²) in [4.78, 5) is 36.0. The Kier molecular flexibility index (Phi) is 6.97. The summed E-state index contributed by atoms with van der Waals surface area (Å²) in [6.45, 7) is 0.441. The van der Waals surface area contributed by atoms with E-state index in [4.69, 9.17) is 11.5 Å². The second-order valence-corrected chi connectivity index (χ2v) is 7.74. The summed E-state index contributed by atoms with van der Waals surface area (Å²) in [7, 11) is 0. The summed E-state index contributed by atoms with van der Waals surface area (Å²) in [6, 6.07) is 13.6. The van der Waals surface area contributed by atoms with Crippen LogP contribution in [0.25, 0.3) is 11.1 Å². The summed E-state index contributed by atoms with van der Waals surface area (Å²) < 4.78 is 0. The average molecular weight is 409 g/mol. The van der Waals surface area contributed by atoms with Crippen LogP contribution in [0, 0.1) is 0 Å². The number of hydrogen-bond acceptors (Lipinski definition) is 5. The smallest absolute Gasteiger partial charge is 0.326 e. The van der Waals surface area contributed by atoms with Crippen molar-refractivity contribution in [1.82, 2.24) is 4.90 Å². The van der Waals surface area contributed by atoms with E-state index in [1.54, 1.807) is 0 Å². The molecule has 1 heterocycles. The lowest BCUT2D eigenvalue weighted by atomic mass is 9.98. The molecule has 1 amide bonds. The zero-order chi connectivity index (χ0) is 21.7. The fourth-order valence-corrected chi connectivity index (χ4v) is 3.83. The zero-order valence-electron chi connectivity index (χ0n) is 16.7. The van der Waals surface area contributed by atoms with Gasteiger partial charge in [0.05, 0.1) is 12.1 Å². The summed E-state index contributed by atoms with van der Waals surface area (Å²) in [5.41, 5.74) is 15.7. The highest BCUT2D eigenvalue weighted by molar-refractivity contribution is 5.87. The number of aldehydes is 1. The molecule has 3 atom stereocenters. The SMILES string of the molecule is N[C@H](C=O)Cc1ccc(-c2ccc(C[C@H](N)C(=O)N3CCC[C@H]3C(=O)O)cc2)cc1. The molecule has 5 N–H and O–H groups in total. The number of aliphatic carboxylic acids is 1. The van der Waals surface area contributed by atoms with Gasteiger partial charge < -0.3 is 26.3 Å². The monoisotopic (exact) mass is 409 g/mol. The second-order valence-electron chi connectivity index (χ2n) is 7.74. The van der Waals surface area contributed by atoms with Gasteiger partial charge >= 0.3 is 5.97 Å². The summed E-state index contributed by atoms with van der Waals surface area (Å²) in [6.07, 6.45) is 2.76. The molecular formula is C23H27N3O4. The van der Waals surface area contributed by atoms with Crippen molar-refractivity contribution in [3.05, 3.63) is 59.7 Å². The van der Waals surface area contributed by atoms with Gasteiger partial charge in [-0.25, -0.2) is 4.79 Å². The van der Waals surface area contributed by atoms with E-state index in [1.165, 1.54) is 4.90 Å². The van der Waals surface area contributed by atoms with Crippen LogP contribution in [0.4, 0.5) is 0 Å². The third-order valence-corrected chi connectivity index (χ3v) is 5.48. The molecule has 0 unspecified atom stereocenters. The van der Waals surface area contributed by atoms with Crippen LogP contribution < -0.4 is 11.5 Å². The highest BCUT2D eigenvalue weighted by Gasteiger charge is 2.35. The molecule has 1 aliphatic rings. The topological polar surface area (TPSA) is 127 Å². The predicted octanol–water partition coefficient (Wildman–Crippen LogP) is 1.37. The Hall–Kier alpha value is -3.03. The van der Waals surface area contributed by atoms with E-state index in [9.17, 15) is 19.5 Å². The number of likely N-dealkylation sites (tertiary alicyclic amines) is 1. The predicted molar refractivity (Wildman–Crippen MR) is 114 cm³/mol. The minimum absolute atomic E-state index is 0.312. The molecule has 158 valence electrons. The Labute approximate surface area is 175 Å². The summed E-state index contributed by atoms with van der Waals surface area (Å²) in [5, 5.41) is 9.26. The van der Waals surface area contributed by atoms with E-state index in [0.29, 0.717) is 32.2 Å². The summed E-state index contributed by atoms with van der Waals surface area (Å²) in [5.74, 6) is -1.29. The van der Waals surface area contributed by atoms with Gasteiger partial charge in [-0.3, -0.25) is 4.79 Å². The zero-order valence-corrected chi connectivity index (χ0v) is 16.7. The quantitative estimate of drug-likeness (QED) is 0.565. The van der Waals surface area contributed by atoms with Crippen LogP contribution >= 0.6 is 0 Å². The van der Waals surface area contributed by atoms with Gasteiger partial charge in [-0.1, -0.05) is 48.5 Å². The van der Waals surface area contributed by atoms with Gasteiger partial charge in [0.2, 0.25) is 5.91 Å². The molecule has 1 aliphatic heterocycles. The number of rotatable bonds is 8. The first kappa shape index (κ1) is 21.7. The Morgan fingerprint density at radius 1 is 1.00 bits per heavy atom. The molecule has 1 fully saturated rings. The number of amides is 1. The van der Waals surface area contributed by atoms with Gasteiger partial charge in [-0.05, 0) is 47.9 Å². The lowest BCUT2D eigenvalue weighted by Gasteiger charge is -2.24. The van der Waals surface area contributed by atoms with Crippen LogP contribution in [0.1, 0.15) is 24.0 Å². The van der Waals surface area contributed by atoms with Gasteiger partial charge in [0, 0.05) is 6.54 Å². The average Bonchev–Trinajstić information content (AvgIpc) is 3.24. The Balaban J connectivity index is 1.62.